The Balaban J connectivity index is 2.56. The lowest BCUT2D eigenvalue weighted by atomic mass is 9.92. The number of benzene rings is 1. The van der Waals surface area contributed by atoms with Gasteiger partial charge in [0.2, 0.25) is 0 Å². The number of anilines is 1. The quantitative estimate of drug-likeness (QED) is 0.853. The lowest BCUT2D eigenvalue weighted by molar-refractivity contribution is 0.0449. The molecule has 1 atom stereocenters. The van der Waals surface area contributed by atoms with E-state index in [9.17, 15) is 5.11 Å². The highest BCUT2D eigenvalue weighted by atomic mass is 35.5. The van der Waals surface area contributed by atoms with Gasteiger partial charge in [-0.2, -0.15) is 0 Å². The predicted octanol–water partition coefficient (Wildman–Crippen LogP) is 1.42. The van der Waals surface area contributed by atoms with Gasteiger partial charge in [0.25, 0.3) is 0 Å². The van der Waals surface area contributed by atoms with Crippen LogP contribution in [0.5, 0.6) is 5.75 Å². The van der Waals surface area contributed by atoms with Crippen molar-refractivity contribution in [2.24, 2.45) is 5.73 Å². The Bertz CT molecular complexity index is 453. The molecule has 100 valence electrons. The highest BCUT2D eigenvalue weighted by Gasteiger charge is 2.33. The zero-order valence-corrected chi connectivity index (χ0v) is 11.5. The molecule has 18 heavy (non-hydrogen) atoms. The van der Waals surface area contributed by atoms with Gasteiger partial charge in [-0.05, 0) is 18.6 Å². The number of nitrogens with zero attached hydrogens (tertiary/aromatic N) is 1. The van der Waals surface area contributed by atoms with Gasteiger partial charge in [0.1, 0.15) is 5.75 Å². The Labute approximate surface area is 112 Å². The highest BCUT2D eigenvalue weighted by molar-refractivity contribution is 6.31. The molecular formula is C13H19ClN2O2. The SMILES string of the molecule is COc1ccc(Cl)c2c1N(C)CCC(O)(CN)C2. The summed E-state index contributed by atoms with van der Waals surface area (Å²) in [6.45, 7) is 0.950. The molecule has 2 rings (SSSR count). The number of ether oxygens (including phenoxy) is 1. The van der Waals surface area contributed by atoms with E-state index in [0.29, 0.717) is 17.9 Å². The van der Waals surface area contributed by atoms with Crippen molar-refractivity contribution in [3.8, 4) is 5.75 Å². The summed E-state index contributed by atoms with van der Waals surface area (Å²) in [6, 6.07) is 3.65. The fourth-order valence-electron chi connectivity index (χ4n) is 2.42. The van der Waals surface area contributed by atoms with Crippen LogP contribution in [0, 0.1) is 0 Å². The summed E-state index contributed by atoms with van der Waals surface area (Å²) in [5, 5.41) is 11.1. The maximum atomic E-state index is 10.5. The minimum Gasteiger partial charge on any atom is -0.495 e. The summed E-state index contributed by atoms with van der Waals surface area (Å²) >= 11 is 6.26. The van der Waals surface area contributed by atoms with Crippen molar-refractivity contribution < 1.29 is 9.84 Å². The minimum absolute atomic E-state index is 0.230. The van der Waals surface area contributed by atoms with Crippen LogP contribution in [0.15, 0.2) is 12.1 Å². The zero-order valence-electron chi connectivity index (χ0n) is 10.7. The van der Waals surface area contributed by atoms with E-state index < -0.39 is 5.60 Å². The van der Waals surface area contributed by atoms with Crippen molar-refractivity contribution in [1.82, 2.24) is 0 Å². The van der Waals surface area contributed by atoms with Gasteiger partial charge in [0.15, 0.2) is 0 Å². The van der Waals surface area contributed by atoms with Crippen LogP contribution in [0.4, 0.5) is 5.69 Å². The highest BCUT2D eigenvalue weighted by Crippen LogP contribution is 2.40. The van der Waals surface area contributed by atoms with Crippen LogP contribution >= 0.6 is 11.6 Å². The van der Waals surface area contributed by atoms with Gasteiger partial charge < -0.3 is 20.5 Å². The molecule has 4 nitrogen and oxygen atoms in total. The average molecular weight is 271 g/mol. The van der Waals surface area contributed by atoms with E-state index in [-0.39, 0.29) is 6.54 Å². The van der Waals surface area contributed by atoms with Crippen LogP contribution in [0.25, 0.3) is 0 Å². The van der Waals surface area contributed by atoms with Crippen molar-refractivity contribution in [2.45, 2.75) is 18.4 Å². The third-order valence-corrected chi connectivity index (χ3v) is 3.94. The molecule has 1 aromatic rings. The van der Waals surface area contributed by atoms with Crippen molar-refractivity contribution in [2.75, 3.05) is 32.1 Å². The van der Waals surface area contributed by atoms with Gasteiger partial charge in [0, 0.05) is 37.1 Å². The third kappa shape index (κ3) is 2.28. The van der Waals surface area contributed by atoms with Crippen LogP contribution in [-0.4, -0.2) is 38.0 Å². The minimum atomic E-state index is -0.893. The number of hydrogen-bond acceptors (Lipinski definition) is 4. The molecule has 1 unspecified atom stereocenters. The summed E-state index contributed by atoms with van der Waals surface area (Å²) in [4.78, 5) is 2.06. The monoisotopic (exact) mass is 270 g/mol. The normalized spacial score (nSPS) is 23.5. The van der Waals surface area contributed by atoms with E-state index in [0.717, 1.165) is 23.5 Å². The van der Waals surface area contributed by atoms with E-state index in [2.05, 4.69) is 4.90 Å². The topological polar surface area (TPSA) is 58.7 Å². The Morgan fingerprint density at radius 1 is 1.56 bits per heavy atom. The zero-order chi connectivity index (χ0) is 13.3. The smallest absolute Gasteiger partial charge is 0.142 e. The van der Waals surface area contributed by atoms with Crippen LogP contribution in [-0.2, 0) is 6.42 Å². The molecule has 0 saturated carbocycles. The van der Waals surface area contributed by atoms with E-state index in [1.165, 1.54) is 0 Å². The summed E-state index contributed by atoms with van der Waals surface area (Å²) < 4.78 is 5.38. The first-order valence-corrected chi connectivity index (χ1v) is 6.37. The lowest BCUT2D eigenvalue weighted by Gasteiger charge is -2.24. The number of halogens is 1. The van der Waals surface area contributed by atoms with Crippen LogP contribution in [0.2, 0.25) is 5.02 Å². The maximum absolute atomic E-state index is 10.5. The third-order valence-electron chi connectivity index (χ3n) is 3.59. The largest absolute Gasteiger partial charge is 0.495 e. The Morgan fingerprint density at radius 3 is 2.89 bits per heavy atom. The number of nitrogens with two attached hydrogens (primary N) is 1. The van der Waals surface area contributed by atoms with Gasteiger partial charge in [-0.1, -0.05) is 11.6 Å². The van der Waals surface area contributed by atoms with E-state index in [1.54, 1.807) is 13.2 Å². The number of hydrogen-bond donors (Lipinski definition) is 2. The molecule has 0 spiro atoms. The van der Waals surface area contributed by atoms with E-state index >= 15 is 0 Å². The molecule has 1 heterocycles. The number of methoxy groups -OCH3 is 1. The van der Waals surface area contributed by atoms with Crippen molar-refractivity contribution in [1.29, 1.82) is 0 Å². The molecule has 0 saturated heterocycles. The molecule has 0 aromatic heterocycles. The summed E-state index contributed by atoms with van der Waals surface area (Å²) in [5.41, 5.74) is 6.65. The molecule has 1 aromatic carbocycles. The van der Waals surface area contributed by atoms with E-state index in [1.807, 2.05) is 13.1 Å². The van der Waals surface area contributed by atoms with Crippen LogP contribution in [0.1, 0.15) is 12.0 Å². The molecule has 0 aliphatic carbocycles. The first-order valence-electron chi connectivity index (χ1n) is 6.00. The van der Waals surface area contributed by atoms with E-state index in [4.69, 9.17) is 22.1 Å². The lowest BCUT2D eigenvalue weighted by Crippen LogP contribution is -2.40. The average Bonchev–Trinajstić information content (AvgIpc) is 2.50. The van der Waals surface area contributed by atoms with Crippen molar-refractivity contribution >= 4 is 17.3 Å². The molecule has 5 heteroatoms. The fraction of sp³-hybridized carbons (Fsp3) is 0.538. The molecule has 0 fully saturated rings. The fourth-order valence-corrected chi connectivity index (χ4v) is 2.64. The van der Waals surface area contributed by atoms with Crippen molar-refractivity contribution in [3.63, 3.8) is 0 Å². The van der Waals surface area contributed by atoms with Gasteiger partial charge in [-0.25, -0.2) is 0 Å². The summed E-state index contributed by atoms with van der Waals surface area (Å²) in [5.74, 6) is 0.776. The number of aliphatic hydroxyl groups is 1. The Hall–Kier alpha value is -0.970. The van der Waals surface area contributed by atoms with Gasteiger partial charge in [-0.3, -0.25) is 0 Å². The Morgan fingerprint density at radius 2 is 2.28 bits per heavy atom. The molecule has 0 radical (unpaired) electrons. The first-order chi connectivity index (χ1) is 8.50. The maximum Gasteiger partial charge on any atom is 0.142 e. The van der Waals surface area contributed by atoms with Gasteiger partial charge in [0.05, 0.1) is 18.4 Å². The van der Waals surface area contributed by atoms with Crippen LogP contribution < -0.4 is 15.4 Å². The number of fused-ring (bicyclic) bond motifs is 1. The molecule has 1 aliphatic rings. The predicted molar refractivity (Wildman–Crippen MR) is 73.6 cm³/mol. The van der Waals surface area contributed by atoms with Crippen LogP contribution in [0.3, 0.4) is 0 Å². The second-order valence-electron chi connectivity index (χ2n) is 4.85. The van der Waals surface area contributed by atoms with Gasteiger partial charge >= 0.3 is 0 Å². The molecule has 0 amide bonds. The summed E-state index contributed by atoms with van der Waals surface area (Å²) in [7, 11) is 3.61. The number of rotatable bonds is 2. The molecule has 0 bridgehead atoms. The Kier molecular flexibility index (Phi) is 3.71. The standard InChI is InChI=1S/C13H19ClN2O2/c1-16-6-5-13(17,8-15)7-9-10(14)3-4-11(18-2)12(9)16/h3-4,17H,5-8,15H2,1-2H3. The van der Waals surface area contributed by atoms with Crippen molar-refractivity contribution in [3.05, 3.63) is 22.7 Å². The second-order valence-corrected chi connectivity index (χ2v) is 5.26. The van der Waals surface area contributed by atoms with Gasteiger partial charge in [-0.15, -0.1) is 0 Å². The second kappa shape index (κ2) is 4.96. The first kappa shape index (κ1) is 13.5. The molecular weight excluding hydrogens is 252 g/mol. The molecule has 1 aliphatic heterocycles. The summed E-state index contributed by atoms with van der Waals surface area (Å²) in [6.07, 6.45) is 1.08. The molecule has 3 N–H and O–H groups in total.